The first kappa shape index (κ1) is 8.90. The number of rotatable bonds is 2. The van der Waals surface area contributed by atoms with Crippen LogP contribution in [-0.4, -0.2) is 17.9 Å². The van der Waals surface area contributed by atoms with Crippen LogP contribution in [0.25, 0.3) is 0 Å². The van der Waals surface area contributed by atoms with Crippen molar-refractivity contribution in [1.82, 2.24) is 5.32 Å². The summed E-state index contributed by atoms with van der Waals surface area (Å²) in [4.78, 5) is 11.9. The molecule has 2 saturated heterocycles. The van der Waals surface area contributed by atoms with Crippen molar-refractivity contribution in [1.29, 1.82) is 0 Å². The van der Waals surface area contributed by atoms with Gasteiger partial charge >= 0.3 is 0 Å². The van der Waals surface area contributed by atoms with Crippen LogP contribution in [0.2, 0.25) is 0 Å². The highest BCUT2D eigenvalue weighted by molar-refractivity contribution is 5.83. The zero-order chi connectivity index (χ0) is 9.54. The van der Waals surface area contributed by atoms with Gasteiger partial charge in [-0.2, -0.15) is 0 Å². The molecule has 0 amide bonds. The Balaban J connectivity index is 1.66. The molecule has 78 valence electrons. The van der Waals surface area contributed by atoms with E-state index in [4.69, 9.17) is 0 Å². The van der Waals surface area contributed by atoms with Crippen LogP contribution >= 0.6 is 0 Å². The third kappa shape index (κ3) is 1.40. The van der Waals surface area contributed by atoms with Gasteiger partial charge in [0.05, 0.1) is 0 Å². The van der Waals surface area contributed by atoms with E-state index < -0.39 is 0 Å². The normalized spacial score (nSPS) is 42.6. The summed E-state index contributed by atoms with van der Waals surface area (Å²) in [7, 11) is 0. The highest BCUT2D eigenvalue weighted by Gasteiger charge is 2.41. The molecule has 0 aromatic rings. The van der Waals surface area contributed by atoms with Crippen LogP contribution < -0.4 is 5.32 Å². The van der Waals surface area contributed by atoms with E-state index in [1.165, 1.54) is 38.5 Å². The molecule has 2 heterocycles. The van der Waals surface area contributed by atoms with E-state index in [9.17, 15) is 4.79 Å². The lowest BCUT2D eigenvalue weighted by Gasteiger charge is -2.34. The molecule has 2 aliphatic heterocycles. The SMILES string of the molecule is O=C1CC2CCC(N2)C1CC1CCC1. The minimum Gasteiger partial charge on any atom is -0.310 e. The fourth-order valence-electron chi connectivity index (χ4n) is 3.33. The summed E-state index contributed by atoms with van der Waals surface area (Å²) in [5.41, 5.74) is 0. The van der Waals surface area contributed by atoms with Gasteiger partial charge in [-0.3, -0.25) is 4.79 Å². The minimum absolute atomic E-state index is 0.374. The predicted molar refractivity (Wildman–Crippen MR) is 55.0 cm³/mol. The maximum atomic E-state index is 11.9. The Labute approximate surface area is 85.4 Å². The molecule has 1 saturated carbocycles. The van der Waals surface area contributed by atoms with Crippen LogP contribution in [0, 0.1) is 11.8 Å². The first-order chi connectivity index (χ1) is 6.83. The van der Waals surface area contributed by atoms with Gasteiger partial charge in [-0.25, -0.2) is 0 Å². The van der Waals surface area contributed by atoms with Gasteiger partial charge in [0.15, 0.2) is 0 Å². The van der Waals surface area contributed by atoms with Gasteiger partial charge in [-0.05, 0) is 25.2 Å². The number of fused-ring (bicyclic) bond motifs is 2. The number of piperidine rings is 1. The summed E-state index contributed by atoms with van der Waals surface area (Å²) < 4.78 is 0. The van der Waals surface area contributed by atoms with Crippen LogP contribution in [-0.2, 0) is 4.79 Å². The number of ketones is 1. The van der Waals surface area contributed by atoms with Gasteiger partial charge < -0.3 is 5.32 Å². The van der Waals surface area contributed by atoms with E-state index in [0.29, 0.717) is 23.8 Å². The van der Waals surface area contributed by atoms with Crippen LogP contribution in [0.3, 0.4) is 0 Å². The Morgan fingerprint density at radius 3 is 2.79 bits per heavy atom. The van der Waals surface area contributed by atoms with Gasteiger partial charge in [0, 0.05) is 24.4 Å². The quantitative estimate of drug-likeness (QED) is 0.725. The second kappa shape index (κ2) is 3.34. The van der Waals surface area contributed by atoms with Crippen molar-refractivity contribution in [3.8, 4) is 0 Å². The van der Waals surface area contributed by atoms with Crippen molar-refractivity contribution in [2.24, 2.45) is 11.8 Å². The Kier molecular flexibility index (Phi) is 2.12. The zero-order valence-electron chi connectivity index (χ0n) is 8.67. The second-order valence-corrected chi connectivity index (χ2v) is 5.36. The van der Waals surface area contributed by atoms with E-state index in [1.54, 1.807) is 0 Å². The summed E-state index contributed by atoms with van der Waals surface area (Å²) in [6.45, 7) is 0. The van der Waals surface area contributed by atoms with Crippen molar-refractivity contribution in [3.05, 3.63) is 0 Å². The maximum absolute atomic E-state index is 11.9. The summed E-state index contributed by atoms with van der Waals surface area (Å²) >= 11 is 0. The van der Waals surface area contributed by atoms with Gasteiger partial charge in [-0.1, -0.05) is 19.3 Å². The molecule has 3 unspecified atom stereocenters. The number of hydrogen-bond donors (Lipinski definition) is 1. The van der Waals surface area contributed by atoms with Crippen molar-refractivity contribution in [3.63, 3.8) is 0 Å². The van der Waals surface area contributed by atoms with Gasteiger partial charge in [-0.15, -0.1) is 0 Å². The zero-order valence-corrected chi connectivity index (χ0v) is 8.67. The van der Waals surface area contributed by atoms with Crippen LogP contribution in [0.1, 0.15) is 44.9 Å². The van der Waals surface area contributed by atoms with E-state index >= 15 is 0 Å². The van der Waals surface area contributed by atoms with Gasteiger partial charge in [0.25, 0.3) is 0 Å². The van der Waals surface area contributed by atoms with E-state index in [-0.39, 0.29) is 0 Å². The fraction of sp³-hybridized carbons (Fsp3) is 0.917. The molecule has 0 aromatic carbocycles. The highest BCUT2D eigenvalue weighted by atomic mass is 16.1. The molecule has 2 heteroatoms. The Morgan fingerprint density at radius 2 is 2.07 bits per heavy atom. The molecule has 14 heavy (non-hydrogen) atoms. The van der Waals surface area contributed by atoms with Gasteiger partial charge in [0.2, 0.25) is 0 Å². The van der Waals surface area contributed by atoms with E-state index in [1.807, 2.05) is 0 Å². The highest BCUT2D eigenvalue weighted by Crippen LogP contribution is 2.38. The second-order valence-electron chi connectivity index (χ2n) is 5.36. The lowest BCUT2D eigenvalue weighted by molar-refractivity contribution is -0.126. The topological polar surface area (TPSA) is 29.1 Å². The molecule has 2 bridgehead atoms. The summed E-state index contributed by atoms with van der Waals surface area (Å²) in [6, 6.07) is 1.08. The number of carbonyl (C=O) groups is 1. The molecule has 3 fully saturated rings. The number of nitrogens with one attached hydrogen (secondary N) is 1. The summed E-state index contributed by atoms with van der Waals surface area (Å²) in [5, 5.41) is 3.60. The first-order valence-electron chi connectivity index (χ1n) is 6.11. The molecule has 0 aromatic heterocycles. The Hall–Kier alpha value is -0.370. The molecule has 3 rings (SSSR count). The molecule has 1 aliphatic carbocycles. The molecule has 3 atom stereocenters. The minimum atomic E-state index is 0.374. The monoisotopic (exact) mass is 193 g/mol. The number of hydrogen-bond acceptors (Lipinski definition) is 2. The largest absolute Gasteiger partial charge is 0.310 e. The standard InChI is InChI=1S/C12H19NO/c14-12-7-9-4-5-11(13-9)10(12)6-8-2-1-3-8/h8-11,13H,1-7H2. The molecular formula is C12H19NO. The predicted octanol–water partition coefficient (Wildman–Crippen LogP) is 1.89. The number of Topliss-reactive ketones (excluding diaryl/α,β-unsaturated/α-hetero) is 1. The molecular weight excluding hydrogens is 174 g/mol. The Bertz CT molecular complexity index is 247. The van der Waals surface area contributed by atoms with Crippen LogP contribution in [0.4, 0.5) is 0 Å². The van der Waals surface area contributed by atoms with Crippen molar-refractivity contribution in [2.75, 3.05) is 0 Å². The smallest absolute Gasteiger partial charge is 0.139 e. The molecule has 1 N–H and O–H groups in total. The third-order valence-corrected chi connectivity index (χ3v) is 4.43. The van der Waals surface area contributed by atoms with Crippen LogP contribution in [0.15, 0.2) is 0 Å². The average molecular weight is 193 g/mol. The fourth-order valence-corrected chi connectivity index (χ4v) is 3.33. The van der Waals surface area contributed by atoms with Crippen molar-refractivity contribution < 1.29 is 4.79 Å². The van der Waals surface area contributed by atoms with Crippen molar-refractivity contribution >= 4 is 5.78 Å². The Morgan fingerprint density at radius 1 is 1.21 bits per heavy atom. The third-order valence-electron chi connectivity index (χ3n) is 4.43. The lowest BCUT2D eigenvalue weighted by atomic mass is 9.75. The summed E-state index contributed by atoms with van der Waals surface area (Å²) in [6.07, 6.45) is 8.62. The average Bonchev–Trinajstić information content (AvgIpc) is 2.45. The van der Waals surface area contributed by atoms with E-state index in [0.717, 1.165) is 12.3 Å². The molecule has 2 nitrogen and oxygen atoms in total. The van der Waals surface area contributed by atoms with Gasteiger partial charge in [0.1, 0.15) is 5.78 Å². The van der Waals surface area contributed by atoms with Crippen LogP contribution in [0.5, 0.6) is 0 Å². The van der Waals surface area contributed by atoms with Crippen molar-refractivity contribution in [2.45, 2.75) is 57.0 Å². The summed E-state index contributed by atoms with van der Waals surface area (Å²) in [5.74, 6) is 1.81. The maximum Gasteiger partial charge on any atom is 0.139 e. The first-order valence-corrected chi connectivity index (χ1v) is 6.11. The molecule has 3 aliphatic rings. The molecule has 0 spiro atoms. The van der Waals surface area contributed by atoms with E-state index in [2.05, 4.69) is 5.32 Å². The molecule has 0 radical (unpaired) electrons. The lowest BCUT2D eigenvalue weighted by Crippen LogP contribution is -2.46. The number of carbonyl (C=O) groups excluding carboxylic acids is 1.